The van der Waals surface area contributed by atoms with E-state index in [1.165, 1.54) is 23.1 Å². The molecule has 2 aliphatic rings. The van der Waals surface area contributed by atoms with Gasteiger partial charge in [0.15, 0.2) is 5.84 Å². The number of benzene rings is 1. The Labute approximate surface area is 130 Å². The van der Waals surface area contributed by atoms with Gasteiger partial charge in [-0.25, -0.2) is 9.98 Å². The molecular formula is C19H19N3. The van der Waals surface area contributed by atoms with E-state index < -0.39 is 0 Å². The van der Waals surface area contributed by atoms with E-state index in [-0.39, 0.29) is 0 Å². The minimum Gasteiger partial charge on any atom is -0.344 e. The molecule has 1 aromatic heterocycles. The summed E-state index contributed by atoms with van der Waals surface area (Å²) in [5.74, 6) is 1.73. The SMILES string of the molecule is Cc1cc(C)c(N=C2C=C3CCCc4ccccc4C3=N2)[nH]1. The summed E-state index contributed by atoms with van der Waals surface area (Å²) in [5.41, 5.74) is 7.41. The lowest BCUT2D eigenvalue weighted by Crippen LogP contribution is -2.02. The van der Waals surface area contributed by atoms with Crippen molar-refractivity contribution in [3.63, 3.8) is 0 Å². The normalized spacial score (nSPS) is 18.5. The van der Waals surface area contributed by atoms with Crippen LogP contribution in [0.25, 0.3) is 0 Å². The van der Waals surface area contributed by atoms with Crippen LogP contribution in [-0.2, 0) is 6.42 Å². The number of aromatic nitrogens is 1. The Kier molecular flexibility index (Phi) is 3.07. The number of amidine groups is 1. The maximum absolute atomic E-state index is 4.81. The first-order chi connectivity index (χ1) is 10.7. The Morgan fingerprint density at radius 2 is 2.00 bits per heavy atom. The van der Waals surface area contributed by atoms with E-state index in [2.05, 4.69) is 55.2 Å². The van der Waals surface area contributed by atoms with Gasteiger partial charge in [0, 0.05) is 11.3 Å². The second kappa shape index (κ2) is 5.09. The Hall–Kier alpha value is -2.42. The van der Waals surface area contributed by atoms with E-state index >= 15 is 0 Å². The number of aryl methyl sites for hydroxylation is 3. The Bertz CT molecular complexity index is 834. The van der Waals surface area contributed by atoms with Crippen LogP contribution in [-0.4, -0.2) is 16.5 Å². The molecule has 1 N–H and O–H groups in total. The zero-order valence-electron chi connectivity index (χ0n) is 13.0. The van der Waals surface area contributed by atoms with Crippen molar-refractivity contribution in [3.8, 4) is 0 Å². The van der Waals surface area contributed by atoms with Gasteiger partial charge >= 0.3 is 0 Å². The van der Waals surface area contributed by atoms with Crippen LogP contribution < -0.4 is 0 Å². The molecule has 0 bridgehead atoms. The zero-order valence-corrected chi connectivity index (χ0v) is 13.0. The van der Waals surface area contributed by atoms with Gasteiger partial charge in [-0.3, -0.25) is 0 Å². The predicted octanol–water partition coefficient (Wildman–Crippen LogP) is 4.43. The monoisotopic (exact) mass is 289 g/mol. The Balaban J connectivity index is 1.79. The van der Waals surface area contributed by atoms with Crippen LogP contribution in [0, 0.1) is 13.8 Å². The third-order valence-corrected chi connectivity index (χ3v) is 4.35. The summed E-state index contributed by atoms with van der Waals surface area (Å²) in [6, 6.07) is 10.7. The minimum atomic E-state index is 0.812. The van der Waals surface area contributed by atoms with Gasteiger partial charge in [0.05, 0.1) is 5.71 Å². The fourth-order valence-electron chi connectivity index (χ4n) is 3.31. The number of aromatic amines is 1. The standard InChI is InChI=1S/C19H19N3/c1-12-10-13(2)20-19(12)22-17-11-15-8-5-7-14-6-3-4-9-16(14)18(15)21-17/h3-4,6,9-11,20H,5,7-8H2,1-2H3. The number of hydrogen-bond donors (Lipinski definition) is 1. The van der Waals surface area contributed by atoms with Gasteiger partial charge in [-0.1, -0.05) is 24.3 Å². The topological polar surface area (TPSA) is 40.5 Å². The number of rotatable bonds is 1. The maximum Gasteiger partial charge on any atom is 0.155 e. The van der Waals surface area contributed by atoms with Crippen LogP contribution in [0.4, 0.5) is 5.82 Å². The highest BCUT2D eigenvalue weighted by atomic mass is 15.0. The average Bonchev–Trinajstić information content (AvgIpc) is 2.98. The molecule has 0 unspecified atom stereocenters. The molecule has 0 radical (unpaired) electrons. The lowest BCUT2D eigenvalue weighted by atomic mass is 10.0. The van der Waals surface area contributed by atoms with Crippen LogP contribution in [0.5, 0.6) is 0 Å². The minimum absolute atomic E-state index is 0.812. The fraction of sp³-hybridized carbons (Fsp3) is 0.263. The zero-order chi connectivity index (χ0) is 15.1. The van der Waals surface area contributed by atoms with Crippen molar-refractivity contribution in [1.29, 1.82) is 0 Å². The van der Waals surface area contributed by atoms with E-state index in [9.17, 15) is 0 Å². The van der Waals surface area contributed by atoms with Crippen LogP contribution in [0.1, 0.15) is 35.2 Å². The van der Waals surface area contributed by atoms with Gasteiger partial charge in [0.1, 0.15) is 5.82 Å². The van der Waals surface area contributed by atoms with Crippen LogP contribution in [0.3, 0.4) is 0 Å². The highest BCUT2D eigenvalue weighted by molar-refractivity contribution is 6.26. The van der Waals surface area contributed by atoms with E-state index in [1.54, 1.807) is 0 Å². The molecule has 4 rings (SSSR count). The largest absolute Gasteiger partial charge is 0.344 e. The van der Waals surface area contributed by atoms with Crippen molar-refractivity contribution in [2.75, 3.05) is 0 Å². The Morgan fingerprint density at radius 3 is 2.82 bits per heavy atom. The molecular weight excluding hydrogens is 270 g/mol. The lowest BCUT2D eigenvalue weighted by molar-refractivity contribution is 0.841. The highest BCUT2D eigenvalue weighted by Crippen LogP contribution is 2.29. The van der Waals surface area contributed by atoms with Gasteiger partial charge in [-0.2, -0.15) is 0 Å². The van der Waals surface area contributed by atoms with E-state index in [1.807, 2.05) is 0 Å². The molecule has 22 heavy (non-hydrogen) atoms. The number of nitrogens with zero attached hydrogens (tertiary/aromatic N) is 2. The van der Waals surface area contributed by atoms with Gasteiger partial charge in [0.2, 0.25) is 0 Å². The van der Waals surface area contributed by atoms with Gasteiger partial charge in [-0.05, 0) is 62.0 Å². The van der Waals surface area contributed by atoms with Gasteiger partial charge in [-0.15, -0.1) is 0 Å². The van der Waals surface area contributed by atoms with Gasteiger partial charge in [0.25, 0.3) is 0 Å². The summed E-state index contributed by atoms with van der Waals surface area (Å²) in [4.78, 5) is 12.8. The van der Waals surface area contributed by atoms with Crippen LogP contribution in [0.2, 0.25) is 0 Å². The van der Waals surface area contributed by atoms with Crippen molar-refractivity contribution in [1.82, 2.24) is 4.98 Å². The summed E-state index contributed by atoms with van der Waals surface area (Å²) in [7, 11) is 0. The van der Waals surface area contributed by atoms with E-state index in [0.717, 1.165) is 41.5 Å². The second-order valence-electron chi connectivity index (χ2n) is 6.09. The molecule has 3 nitrogen and oxygen atoms in total. The fourth-order valence-corrected chi connectivity index (χ4v) is 3.31. The summed E-state index contributed by atoms with van der Waals surface area (Å²) in [6.45, 7) is 4.13. The van der Waals surface area contributed by atoms with Crippen molar-refractivity contribution in [2.24, 2.45) is 9.98 Å². The molecule has 1 aliphatic heterocycles. The average molecular weight is 289 g/mol. The first kappa shape index (κ1) is 13.3. The third-order valence-electron chi connectivity index (χ3n) is 4.35. The summed E-state index contributed by atoms with van der Waals surface area (Å²) in [5, 5.41) is 0. The number of allylic oxidation sites excluding steroid dienone is 1. The molecule has 2 heterocycles. The van der Waals surface area contributed by atoms with Crippen molar-refractivity contribution < 1.29 is 0 Å². The summed E-state index contributed by atoms with van der Waals surface area (Å²) < 4.78 is 0. The predicted molar refractivity (Wildman–Crippen MR) is 91.4 cm³/mol. The molecule has 1 aromatic carbocycles. The molecule has 110 valence electrons. The Morgan fingerprint density at radius 1 is 1.14 bits per heavy atom. The van der Waals surface area contributed by atoms with Crippen molar-refractivity contribution in [3.05, 3.63) is 64.4 Å². The van der Waals surface area contributed by atoms with Gasteiger partial charge < -0.3 is 4.98 Å². The molecule has 0 saturated heterocycles. The lowest BCUT2D eigenvalue weighted by Gasteiger charge is -2.05. The molecule has 0 amide bonds. The molecule has 2 aromatic rings. The maximum atomic E-state index is 4.81. The number of fused-ring (bicyclic) bond motifs is 3. The molecule has 0 atom stereocenters. The van der Waals surface area contributed by atoms with Crippen LogP contribution >= 0.6 is 0 Å². The van der Waals surface area contributed by atoms with E-state index in [4.69, 9.17) is 9.98 Å². The summed E-state index contributed by atoms with van der Waals surface area (Å²) >= 11 is 0. The first-order valence-electron chi connectivity index (χ1n) is 7.83. The number of hydrogen-bond acceptors (Lipinski definition) is 1. The number of H-pyrrole nitrogens is 1. The molecule has 1 aliphatic carbocycles. The molecule has 0 spiro atoms. The molecule has 3 heteroatoms. The van der Waals surface area contributed by atoms with E-state index in [0.29, 0.717) is 0 Å². The quantitative estimate of drug-likeness (QED) is 0.807. The smallest absolute Gasteiger partial charge is 0.155 e. The van der Waals surface area contributed by atoms with Crippen molar-refractivity contribution in [2.45, 2.75) is 33.1 Å². The second-order valence-corrected chi connectivity index (χ2v) is 6.09. The van der Waals surface area contributed by atoms with Crippen LogP contribution in [0.15, 0.2) is 52.0 Å². The number of nitrogens with one attached hydrogen (secondary N) is 1. The number of aliphatic imine (C=N–C) groups is 2. The van der Waals surface area contributed by atoms with Crippen molar-refractivity contribution >= 4 is 17.4 Å². The molecule has 0 fully saturated rings. The molecule has 0 saturated carbocycles. The third kappa shape index (κ3) is 2.23. The summed E-state index contributed by atoms with van der Waals surface area (Å²) in [6.07, 6.45) is 5.53. The highest BCUT2D eigenvalue weighted by Gasteiger charge is 2.22. The first-order valence-corrected chi connectivity index (χ1v) is 7.83.